The minimum atomic E-state index is 0.750. The molecule has 0 aliphatic rings. The van der Waals surface area contributed by atoms with Gasteiger partial charge in [0.05, 0.1) is 12.3 Å². The third kappa shape index (κ3) is 5.55. The van der Waals surface area contributed by atoms with Gasteiger partial charge in [-0.05, 0) is 31.8 Å². The van der Waals surface area contributed by atoms with Crippen molar-refractivity contribution in [1.29, 1.82) is 0 Å². The number of methoxy groups -OCH3 is 1. The first-order valence-electron chi connectivity index (χ1n) is 7.01. The zero-order valence-electron chi connectivity index (χ0n) is 12.7. The van der Waals surface area contributed by atoms with E-state index in [0.717, 1.165) is 31.9 Å². The van der Waals surface area contributed by atoms with Gasteiger partial charge in [0, 0.05) is 38.0 Å². The number of nitrogens with zero attached hydrogens (tertiary/aromatic N) is 2. The Labute approximate surface area is 121 Å². The molecule has 0 bridgehead atoms. The van der Waals surface area contributed by atoms with E-state index in [1.165, 1.54) is 29.2 Å². The highest BCUT2D eigenvalue weighted by Gasteiger charge is 2.10. The Morgan fingerprint density at radius 1 is 1.37 bits per heavy atom. The van der Waals surface area contributed by atoms with Crippen molar-refractivity contribution in [2.75, 3.05) is 31.8 Å². The zero-order chi connectivity index (χ0) is 14.1. The van der Waals surface area contributed by atoms with Crippen LogP contribution in [0.1, 0.15) is 30.3 Å². The number of aryl methyl sites for hydroxylation is 2. The number of ether oxygens (including phenoxy) is 1. The molecule has 1 heterocycles. The van der Waals surface area contributed by atoms with E-state index in [1.807, 2.05) is 11.8 Å². The van der Waals surface area contributed by atoms with Crippen LogP contribution in [0, 0.1) is 13.8 Å². The lowest BCUT2D eigenvalue weighted by atomic mass is 10.2. The highest BCUT2D eigenvalue weighted by atomic mass is 32.2. The largest absolute Gasteiger partial charge is 0.383 e. The molecule has 0 fully saturated rings. The fraction of sp³-hybridized carbons (Fsp3) is 0.786. The van der Waals surface area contributed by atoms with Crippen molar-refractivity contribution in [2.45, 2.75) is 40.3 Å². The molecule has 0 saturated heterocycles. The molecule has 110 valence electrons. The second-order valence-corrected chi connectivity index (χ2v) is 5.99. The second-order valence-electron chi connectivity index (χ2n) is 4.59. The van der Waals surface area contributed by atoms with Gasteiger partial charge in [-0.1, -0.05) is 6.92 Å². The van der Waals surface area contributed by atoms with E-state index in [4.69, 9.17) is 4.74 Å². The molecule has 0 radical (unpaired) electrons. The summed E-state index contributed by atoms with van der Waals surface area (Å²) < 4.78 is 7.19. The number of thioether (sulfide) groups is 1. The predicted octanol–water partition coefficient (Wildman–Crippen LogP) is 2.38. The highest BCUT2D eigenvalue weighted by Crippen LogP contribution is 2.14. The van der Waals surface area contributed by atoms with Crippen LogP contribution < -0.4 is 5.32 Å². The number of hydrogen-bond donors (Lipinski definition) is 1. The molecule has 1 N–H and O–H groups in total. The van der Waals surface area contributed by atoms with Crippen molar-refractivity contribution < 1.29 is 4.74 Å². The van der Waals surface area contributed by atoms with Crippen LogP contribution >= 0.6 is 11.8 Å². The Hall–Kier alpha value is -0.520. The summed E-state index contributed by atoms with van der Waals surface area (Å²) in [6, 6.07) is 0. The highest BCUT2D eigenvalue weighted by molar-refractivity contribution is 7.99. The van der Waals surface area contributed by atoms with Crippen molar-refractivity contribution in [3.05, 3.63) is 17.0 Å². The first kappa shape index (κ1) is 16.5. The molecule has 1 aromatic rings. The van der Waals surface area contributed by atoms with Gasteiger partial charge in [0.2, 0.25) is 0 Å². The van der Waals surface area contributed by atoms with Gasteiger partial charge >= 0.3 is 0 Å². The van der Waals surface area contributed by atoms with Gasteiger partial charge in [-0.25, -0.2) is 0 Å². The topological polar surface area (TPSA) is 39.1 Å². The van der Waals surface area contributed by atoms with Gasteiger partial charge in [-0.15, -0.1) is 0 Å². The number of aromatic nitrogens is 2. The molecule has 4 nitrogen and oxygen atoms in total. The first-order valence-corrected chi connectivity index (χ1v) is 8.16. The summed E-state index contributed by atoms with van der Waals surface area (Å²) in [5.74, 6) is 2.42. The van der Waals surface area contributed by atoms with Crippen LogP contribution in [0.2, 0.25) is 0 Å². The summed E-state index contributed by atoms with van der Waals surface area (Å²) >= 11 is 2.00. The lowest BCUT2D eigenvalue weighted by Crippen LogP contribution is -2.19. The molecule has 5 heteroatoms. The van der Waals surface area contributed by atoms with Crippen LogP contribution in [0.25, 0.3) is 0 Å². The SMILES string of the molecule is CCSCCCn1nc(C)c(CNCCOC)c1C. The Balaban J connectivity index is 2.46. The standard InChI is InChI=1S/C14H27N3OS/c1-5-19-10-6-8-17-13(3)14(12(2)16-17)11-15-7-9-18-4/h15H,5-11H2,1-4H3. The Kier molecular flexibility index (Phi) is 8.18. The Morgan fingerprint density at radius 2 is 2.16 bits per heavy atom. The van der Waals surface area contributed by atoms with Crippen LogP contribution in [0.5, 0.6) is 0 Å². The predicted molar refractivity (Wildman–Crippen MR) is 82.9 cm³/mol. The molecular formula is C14H27N3OS. The molecule has 1 aromatic heterocycles. The molecule has 0 saturated carbocycles. The van der Waals surface area contributed by atoms with E-state index in [0.29, 0.717) is 0 Å². The molecule has 1 rings (SSSR count). The summed E-state index contributed by atoms with van der Waals surface area (Å²) in [4.78, 5) is 0. The van der Waals surface area contributed by atoms with Crippen LogP contribution in [0.3, 0.4) is 0 Å². The van der Waals surface area contributed by atoms with Crippen molar-refractivity contribution in [3.63, 3.8) is 0 Å². The maximum absolute atomic E-state index is 5.04. The van der Waals surface area contributed by atoms with E-state index >= 15 is 0 Å². The molecular weight excluding hydrogens is 258 g/mol. The molecule has 0 unspecified atom stereocenters. The minimum Gasteiger partial charge on any atom is -0.383 e. The number of nitrogens with one attached hydrogen (secondary N) is 1. The number of hydrogen-bond acceptors (Lipinski definition) is 4. The third-order valence-electron chi connectivity index (χ3n) is 3.18. The summed E-state index contributed by atoms with van der Waals surface area (Å²) in [6.45, 7) is 10.0. The average Bonchev–Trinajstić information content (AvgIpc) is 2.67. The molecule has 0 aliphatic carbocycles. The van der Waals surface area contributed by atoms with Gasteiger partial charge < -0.3 is 10.1 Å². The maximum Gasteiger partial charge on any atom is 0.0641 e. The van der Waals surface area contributed by atoms with E-state index in [-0.39, 0.29) is 0 Å². The van der Waals surface area contributed by atoms with E-state index < -0.39 is 0 Å². The van der Waals surface area contributed by atoms with Crippen molar-refractivity contribution in [1.82, 2.24) is 15.1 Å². The van der Waals surface area contributed by atoms with Crippen LogP contribution in [-0.2, 0) is 17.8 Å². The van der Waals surface area contributed by atoms with Gasteiger partial charge in [-0.2, -0.15) is 16.9 Å². The van der Waals surface area contributed by atoms with E-state index in [1.54, 1.807) is 7.11 Å². The molecule has 0 spiro atoms. The Bertz CT molecular complexity index is 366. The fourth-order valence-corrected chi connectivity index (χ4v) is 2.68. The van der Waals surface area contributed by atoms with Crippen molar-refractivity contribution >= 4 is 11.8 Å². The normalized spacial score (nSPS) is 11.2. The minimum absolute atomic E-state index is 0.750. The van der Waals surface area contributed by atoms with E-state index in [2.05, 4.69) is 35.9 Å². The molecule has 0 aliphatic heterocycles. The average molecular weight is 285 g/mol. The second kappa shape index (κ2) is 9.39. The van der Waals surface area contributed by atoms with Crippen LogP contribution in [-0.4, -0.2) is 41.5 Å². The van der Waals surface area contributed by atoms with Crippen LogP contribution in [0.4, 0.5) is 0 Å². The third-order valence-corrected chi connectivity index (χ3v) is 4.16. The molecule has 0 amide bonds. The monoisotopic (exact) mass is 285 g/mol. The van der Waals surface area contributed by atoms with E-state index in [9.17, 15) is 0 Å². The first-order chi connectivity index (χ1) is 9.20. The smallest absolute Gasteiger partial charge is 0.0641 e. The summed E-state index contributed by atoms with van der Waals surface area (Å²) in [7, 11) is 1.73. The van der Waals surface area contributed by atoms with Gasteiger partial charge in [-0.3, -0.25) is 4.68 Å². The lowest BCUT2D eigenvalue weighted by Gasteiger charge is -2.06. The fourth-order valence-electron chi connectivity index (χ4n) is 2.06. The molecule has 19 heavy (non-hydrogen) atoms. The summed E-state index contributed by atoms with van der Waals surface area (Å²) in [6.07, 6.45) is 1.19. The van der Waals surface area contributed by atoms with Crippen molar-refractivity contribution in [2.24, 2.45) is 0 Å². The van der Waals surface area contributed by atoms with Crippen LogP contribution in [0.15, 0.2) is 0 Å². The summed E-state index contributed by atoms with van der Waals surface area (Å²) in [5, 5.41) is 8.03. The zero-order valence-corrected chi connectivity index (χ0v) is 13.5. The lowest BCUT2D eigenvalue weighted by molar-refractivity contribution is 0.199. The quantitative estimate of drug-likeness (QED) is 0.670. The maximum atomic E-state index is 5.04. The molecule has 0 aromatic carbocycles. The van der Waals surface area contributed by atoms with Crippen molar-refractivity contribution in [3.8, 4) is 0 Å². The van der Waals surface area contributed by atoms with Gasteiger partial charge in [0.15, 0.2) is 0 Å². The number of rotatable bonds is 10. The molecule has 0 atom stereocenters. The van der Waals surface area contributed by atoms with Gasteiger partial charge in [0.1, 0.15) is 0 Å². The summed E-state index contributed by atoms with van der Waals surface area (Å²) in [5.41, 5.74) is 3.77. The Morgan fingerprint density at radius 3 is 2.84 bits per heavy atom. The van der Waals surface area contributed by atoms with Gasteiger partial charge in [0.25, 0.3) is 0 Å².